The molecule has 1 atom stereocenters. The third-order valence-electron chi connectivity index (χ3n) is 3.94. The molecule has 4 nitrogen and oxygen atoms in total. The fourth-order valence-corrected chi connectivity index (χ4v) is 2.88. The molecule has 0 amide bonds. The number of benzene rings is 1. The Labute approximate surface area is 132 Å². The summed E-state index contributed by atoms with van der Waals surface area (Å²) >= 11 is 0. The van der Waals surface area contributed by atoms with Crippen LogP contribution in [-0.4, -0.2) is 47.2 Å². The minimum atomic E-state index is -4.30. The number of piperazine rings is 1. The standard InChI is InChI=1S/C16H17F3N4/c17-16(18,19)14(13-5-2-1-3-6-13)22-9-11-23(12-10-22)15-20-7-4-8-21-15/h1-8,14H,9-12H2. The molecule has 0 spiro atoms. The predicted octanol–water partition coefficient (Wildman–Crippen LogP) is 2.90. The maximum Gasteiger partial charge on any atom is 0.408 e. The van der Waals surface area contributed by atoms with Crippen LogP contribution in [0.15, 0.2) is 48.8 Å². The predicted molar refractivity (Wildman–Crippen MR) is 81.1 cm³/mol. The molecular weight excluding hydrogens is 305 g/mol. The second-order valence-corrected chi connectivity index (χ2v) is 5.43. The van der Waals surface area contributed by atoms with Crippen molar-refractivity contribution in [3.63, 3.8) is 0 Å². The molecule has 122 valence electrons. The van der Waals surface area contributed by atoms with Crippen molar-refractivity contribution in [1.82, 2.24) is 14.9 Å². The van der Waals surface area contributed by atoms with Crippen LogP contribution in [0.3, 0.4) is 0 Å². The highest BCUT2D eigenvalue weighted by Crippen LogP contribution is 2.38. The van der Waals surface area contributed by atoms with Crippen molar-refractivity contribution >= 4 is 5.95 Å². The van der Waals surface area contributed by atoms with Gasteiger partial charge in [-0.2, -0.15) is 13.2 Å². The van der Waals surface area contributed by atoms with Crippen molar-refractivity contribution < 1.29 is 13.2 Å². The van der Waals surface area contributed by atoms with Crippen LogP contribution < -0.4 is 4.90 Å². The van der Waals surface area contributed by atoms with Crippen LogP contribution in [-0.2, 0) is 0 Å². The lowest BCUT2D eigenvalue weighted by atomic mass is 10.0. The zero-order valence-electron chi connectivity index (χ0n) is 12.4. The van der Waals surface area contributed by atoms with Crippen LogP contribution in [0, 0.1) is 0 Å². The highest BCUT2D eigenvalue weighted by molar-refractivity contribution is 5.30. The first-order valence-corrected chi connectivity index (χ1v) is 7.43. The van der Waals surface area contributed by atoms with E-state index in [0.717, 1.165) is 0 Å². The van der Waals surface area contributed by atoms with Gasteiger partial charge in [-0.05, 0) is 11.6 Å². The molecule has 1 aromatic heterocycles. The van der Waals surface area contributed by atoms with Gasteiger partial charge in [0.05, 0.1) is 0 Å². The van der Waals surface area contributed by atoms with Gasteiger partial charge in [0.25, 0.3) is 0 Å². The molecule has 1 aliphatic heterocycles. The lowest BCUT2D eigenvalue weighted by Crippen LogP contribution is -2.51. The number of hydrogen-bond donors (Lipinski definition) is 0. The van der Waals surface area contributed by atoms with Gasteiger partial charge >= 0.3 is 6.18 Å². The molecule has 3 rings (SSSR count). The lowest BCUT2D eigenvalue weighted by molar-refractivity contribution is -0.187. The van der Waals surface area contributed by atoms with E-state index in [1.54, 1.807) is 36.7 Å². The summed E-state index contributed by atoms with van der Waals surface area (Å²) in [6.07, 6.45) is -1.03. The summed E-state index contributed by atoms with van der Waals surface area (Å²) in [6, 6.07) is 8.22. The van der Waals surface area contributed by atoms with E-state index in [9.17, 15) is 13.2 Å². The van der Waals surface area contributed by atoms with E-state index in [-0.39, 0.29) is 5.56 Å². The number of halogens is 3. The third kappa shape index (κ3) is 3.61. The van der Waals surface area contributed by atoms with Crippen molar-refractivity contribution in [1.29, 1.82) is 0 Å². The van der Waals surface area contributed by atoms with Crippen LogP contribution in [0.4, 0.5) is 19.1 Å². The first-order valence-electron chi connectivity index (χ1n) is 7.43. The number of aromatic nitrogens is 2. The summed E-state index contributed by atoms with van der Waals surface area (Å²) in [6.45, 7) is 1.58. The molecule has 1 aromatic carbocycles. The van der Waals surface area contributed by atoms with E-state index in [4.69, 9.17) is 0 Å². The maximum atomic E-state index is 13.5. The minimum absolute atomic E-state index is 0.282. The zero-order chi connectivity index (χ0) is 16.3. The Bertz CT molecular complexity index is 610. The first-order chi connectivity index (χ1) is 11.1. The Kier molecular flexibility index (Phi) is 4.47. The Morgan fingerprint density at radius 3 is 2.04 bits per heavy atom. The molecule has 7 heteroatoms. The lowest BCUT2D eigenvalue weighted by Gasteiger charge is -2.40. The topological polar surface area (TPSA) is 32.3 Å². The van der Waals surface area contributed by atoms with E-state index < -0.39 is 12.2 Å². The van der Waals surface area contributed by atoms with Crippen molar-refractivity contribution in [2.24, 2.45) is 0 Å². The largest absolute Gasteiger partial charge is 0.408 e. The summed E-state index contributed by atoms with van der Waals surface area (Å²) in [5, 5.41) is 0. The van der Waals surface area contributed by atoms with Gasteiger partial charge in [-0.1, -0.05) is 30.3 Å². The zero-order valence-corrected chi connectivity index (χ0v) is 12.4. The SMILES string of the molecule is FC(F)(F)C(c1ccccc1)N1CCN(c2ncccn2)CC1. The fraction of sp³-hybridized carbons (Fsp3) is 0.375. The molecule has 1 aliphatic rings. The van der Waals surface area contributed by atoms with Crippen molar-refractivity contribution in [3.8, 4) is 0 Å². The van der Waals surface area contributed by atoms with E-state index in [0.29, 0.717) is 32.1 Å². The van der Waals surface area contributed by atoms with E-state index in [1.165, 1.54) is 17.0 Å². The van der Waals surface area contributed by atoms with Crippen molar-refractivity contribution in [3.05, 3.63) is 54.4 Å². The Morgan fingerprint density at radius 2 is 1.48 bits per heavy atom. The molecule has 0 radical (unpaired) electrons. The van der Waals surface area contributed by atoms with Crippen molar-refractivity contribution in [2.45, 2.75) is 12.2 Å². The number of alkyl halides is 3. The van der Waals surface area contributed by atoms with E-state index in [1.807, 2.05) is 4.90 Å². The molecule has 0 aliphatic carbocycles. The molecule has 1 fully saturated rings. The van der Waals surface area contributed by atoms with E-state index >= 15 is 0 Å². The molecule has 0 bridgehead atoms. The molecule has 2 heterocycles. The van der Waals surface area contributed by atoms with Gasteiger partial charge in [0.1, 0.15) is 6.04 Å². The summed E-state index contributed by atoms with van der Waals surface area (Å²) in [7, 11) is 0. The average molecular weight is 322 g/mol. The highest BCUT2D eigenvalue weighted by Gasteiger charge is 2.45. The van der Waals surface area contributed by atoms with Crippen LogP contribution in [0.25, 0.3) is 0 Å². The maximum absolute atomic E-state index is 13.5. The van der Waals surface area contributed by atoms with Crippen LogP contribution in [0.2, 0.25) is 0 Å². The van der Waals surface area contributed by atoms with Gasteiger partial charge in [-0.25, -0.2) is 9.97 Å². The molecule has 1 unspecified atom stereocenters. The highest BCUT2D eigenvalue weighted by atomic mass is 19.4. The van der Waals surface area contributed by atoms with Gasteiger partial charge in [0.15, 0.2) is 0 Å². The molecule has 0 N–H and O–H groups in total. The average Bonchev–Trinajstić information content (AvgIpc) is 2.56. The number of anilines is 1. The molecule has 2 aromatic rings. The monoisotopic (exact) mass is 322 g/mol. The summed E-state index contributed by atoms with van der Waals surface area (Å²) < 4.78 is 40.6. The normalized spacial score (nSPS) is 18.0. The molecule has 0 saturated carbocycles. The minimum Gasteiger partial charge on any atom is -0.338 e. The summed E-state index contributed by atoms with van der Waals surface area (Å²) in [5.41, 5.74) is 0.282. The van der Waals surface area contributed by atoms with Gasteiger partial charge in [-0.3, -0.25) is 4.90 Å². The Hall–Kier alpha value is -2.15. The quantitative estimate of drug-likeness (QED) is 0.870. The van der Waals surface area contributed by atoms with Crippen LogP contribution >= 0.6 is 0 Å². The Morgan fingerprint density at radius 1 is 0.870 bits per heavy atom. The fourth-order valence-electron chi connectivity index (χ4n) is 2.88. The van der Waals surface area contributed by atoms with Crippen LogP contribution in [0.1, 0.15) is 11.6 Å². The second-order valence-electron chi connectivity index (χ2n) is 5.43. The van der Waals surface area contributed by atoms with Gasteiger partial charge in [-0.15, -0.1) is 0 Å². The van der Waals surface area contributed by atoms with Gasteiger partial charge in [0.2, 0.25) is 5.95 Å². The molecule has 23 heavy (non-hydrogen) atoms. The van der Waals surface area contributed by atoms with E-state index in [2.05, 4.69) is 9.97 Å². The first kappa shape index (κ1) is 15.7. The smallest absolute Gasteiger partial charge is 0.338 e. The summed E-state index contributed by atoms with van der Waals surface area (Å²) in [5.74, 6) is 0.565. The third-order valence-corrected chi connectivity index (χ3v) is 3.94. The van der Waals surface area contributed by atoms with Gasteiger partial charge in [0, 0.05) is 38.6 Å². The summed E-state index contributed by atoms with van der Waals surface area (Å²) in [4.78, 5) is 11.7. The number of hydrogen-bond acceptors (Lipinski definition) is 4. The Balaban J connectivity index is 1.74. The van der Waals surface area contributed by atoms with Gasteiger partial charge < -0.3 is 4.90 Å². The number of rotatable bonds is 3. The molecular formula is C16H17F3N4. The van der Waals surface area contributed by atoms with Crippen molar-refractivity contribution in [2.75, 3.05) is 31.1 Å². The molecule has 1 saturated heterocycles. The number of nitrogens with zero attached hydrogens (tertiary/aromatic N) is 4. The van der Waals surface area contributed by atoms with Crippen LogP contribution in [0.5, 0.6) is 0 Å². The second kappa shape index (κ2) is 6.54.